The molecule has 2 aliphatic carbocycles. The number of carbonyl (C=O) groups is 5. The summed E-state index contributed by atoms with van der Waals surface area (Å²) in [6.07, 6.45) is 3.13. The molecule has 208 valence electrons. The van der Waals surface area contributed by atoms with E-state index in [0.29, 0.717) is 6.42 Å². The van der Waals surface area contributed by atoms with Gasteiger partial charge in [-0.2, -0.15) is 0 Å². The predicted octanol–water partition coefficient (Wildman–Crippen LogP) is 1.86. The van der Waals surface area contributed by atoms with Crippen LogP contribution in [-0.4, -0.2) is 69.0 Å². The Morgan fingerprint density at radius 2 is 1.62 bits per heavy atom. The first kappa shape index (κ1) is 29.5. The molecule has 0 aromatic rings. The van der Waals surface area contributed by atoms with Crippen molar-refractivity contribution in [3.05, 3.63) is 0 Å². The van der Waals surface area contributed by atoms with Crippen molar-refractivity contribution in [2.75, 3.05) is 6.54 Å². The predicted molar refractivity (Wildman–Crippen MR) is 140 cm³/mol. The number of rotatable bonds is 8. The third-order valence-corrected chi connectivity index (χ3v) is 8.50. The van der Waals surface area contributed by atoms with E-state index in [4.69, 9.17) is 28.9 Å². The first-order chi connectivity index (χ1) is 16.8. The van der Waals surface area contributed by atoms with Crippen LogP contribution in [0.25, 0.3) is 0 Å². The van der Waals surface area contributed by atoms with Gasteiger partial charge in [-0.05, 0) is 38.5 Å². The van der Waals surface area contributed by atoms with Crippen molar-refractivity contribution < 1.29 is 24.0 Å². The van der Waals surface area contributed by atoms with Crippen molar-refractivity contribution in [3.8, 4) is 0 Å². The highest BCUT2D eigenvalue weighted by Crippen LogP contribution is 2.65. The van der Waals surface area contributed by atoms with E-state index in [0.717, 1.165) is 19.3 Å². The number of carbonyl (C=O) groups excluding carboxylic acids is 5. The van der Waals surface area contributed by atoms with Crippen LogP contribution >= 0.6 is 23.2 Å². The maximum absolute atomic E-state index is 13.8. The van der Waals surface area contributed by atoms with E-state index in [-0.39, 0.29) is 18.4 Å². The largest absolute Gasteiger partial charge is 0.363 e. The molecule has 5 N–H and O–H groups in total. The molecule has 5 amide bonds. The second kappa shape index (κ2) is 10.2. The fourth-order valence-corrected chi connectivity index (χ4v) is 6.00. The second-order valence-electron chi connectivity index (χ2n) is 12.7. The number of likely N-dealkylation sites (tertiary alicyclic amines) is 1. The van der Waals surface area contributed by atoms with Crippen molar-refractivity contribution in [3.63, 3.8) is 0 Å². The number of fused-ring (bicyclic) bond motifs is 1. The summed E-state index contributed by atoms with van der Waals surface area (Å²) in [6.45, 7) is 11.0. The molecule has 3 fully saturated rings. The molecule has 3 aliphatic rings. The van der Waals surface area contributed by atoms with Crippen LogP contribution in [0, 0.1) is 23.2 Å². The van der Waals surface area contributed by atoms with Crippen molar-refractivity contribution in [2.24, 2.45) is 28.9 Å². The summed E-state index contributed by atoms with van der Waals surface area (Å²) < 4.78 is -1.19. The molecule has 1 saturated heterocycles. The average molecular weight is 561 g/mol. The molecule has 3 rings (SSSR count). The zero-order valence-electron chi connectivity index (χ0n) is 22.3. The minimum atomic E-state index is -1.19. The molecule has 37 heavy (non-hydrogen) atoms. The lowest BCUT2D eigenvalue weighted by atomic mass is 9.80. The van der Waals surface area contributed by atoms with Gasteiger partial charge < -0.3 is 26.6 Å². The van der Waals surface area contributed by atoms with E-state index in [1.54, 1.807) is 0 Å². The van der Waals surface area contributed by atoms with Gasteiger partial charge in [-0.3, -0.25) is 19.2 Å². The van der Waals surface area contributed by atoms with E-state index in [1.807, 2.05) is 41.5 Å². The van der Waals surface area contributed by atoms with Crippen molar-refractivity contribution in [1.82, 2.24) is 20.9 Å². The Morgan fingerprint density at radius 1 is 1.03 bits per heavy atom. The van der Waals surface area contributed by atoms with Crippen LogP contribution in [0.5, 0.6) is 0 Å². The Balaban J connectivity index is 1.83. The Bertz CT molecular complexity index is 969. The average Bonchev–Trinajstić information content (AvgIpc) is 3.06. The number of hydrogen-bond donors (Lipinski definition) is 4. The zero-order chi connectivity index (χ0) is 28.1. The number of Topliss-reactive ketones (excluding diaryl/α,β-unsaturated/α-hetero) is 1. The maximum atomic E-state index is 13.8. The number of nitrogens with two attached hydrogens (primary N) is 1. The van der Waals surface area contributed by atoms with E-state index in [1.165, 1.54) is 4.90 Å². The molecule has 0 aromatic carbocycles. The van der Waals surface area contributed by atoms with Crippen LogP contribution in [0.15, 0.2) is 0 Å². The number of hydrogen-bond acceptors (Lipinski definition) is 5. The van der Waals surface area contributed by atoms with E-state index < -0.39 is 68.9 Å². The SMILES string of the molecule is CC(C)(C)NC(=O)N[C@H](C(=O)N1CC2C([C@H]1C(=O)NC(CC1CCC1)C(=O)C(N)=O)C2(Cl)Cl)C(C)(C)C. The molecular formula is C25H39Cl2N5O5. The van der Waals surface area contributed by atoms with Crippen molar-refractivity contribution in [1.29, 1.82) is 0 Å². The Labute approximate surface area is 228 Å². The summed E-state index contributed by atoms with van der Waals surface area (Å²) >= 11 is 12.9. The Hall–Kier alpha value is -2.07. The summed E-state index contributed by atoms with van der Waals surface area (Å²) in [7, 11) is 0. The highest BCUT2D eigenvalue weighted by Gasteiger charge is 2.74. The van der Waals surface area contributed by atoms with Gasteiger partial charge in [0.25, 0.3) is 5.91 Å². The Kier molecular flexibility index (Phi) is 8.16. The molecule has 1 heterocycles. The molecule has 0 spiro atoms. The van der Waals surface area contributed by atoms with Gasteiger partial charge in [0.05, 0.1) is 6.04 Å². The number of nitrogens with one attached hydrogen (secondary N) is 3. The topological polar surface area (TPSA) is 151 Å². The molecule has 10 nitrogen and oxygen atoms in total. The number of piperidine rings is 1. The van der Waals surface area contributed by atoms with Gasteiger partial charge in [0.1, 0.15) is 16.4 Å². The molecule has 2 saturated carbocycles. The van der Waals surface area contributed by atoms with Crippen LogP contribution in [0.3, 0.4) is 0 Å². The molecule has 0 aromatic heterocycles. The van der Waals surface area contributed by atoms with Gasteiger partial charge in [-0.25, -0.2) is 4.79 Å². The number of ketones is 1. The summed E-state index contributed by atoms with van der Waals surface area (Å²) in [5.41, 5.74) is 4.03. The number of urea groups is 1. The molecule has 12 heteroatoms. The summed E-state index contributed by atoms with van der Waals surface area (Å²) in [6, 6.07) is -3.61. The molecule has 1 aliphatic heterocycles. The first-order valence-corrected chi connectivity index (χ1v) is 13.5. The standard InChI is InChI=1S/C25H39Cl2N5O5/c1-23(2,3)18(30-22(37)31-24(4,5)6)21(36)32-11-13-15(25(13,26)27)16(32)20(35)29-14(17(33)19(28)34)10-12-8-7-9-12/h12-16,18H,7-11H2,1-6H3,(H2,28,34)(H,29,35)(H2,30,31,37)/t13?,14?,15?,16-,18+/m0/s1. The van der Waals surface area contributed by atoms with E-state index >= 15 is 0 Å². The van der Waals surface area contributed by atoms with Gasteiger partial charge in [0.2, 0.25) is 17.6 Å². The minimum Gasteiger partial charge on any atom is -0.363 e. The quantitative estimate of drug-likeness (QED) is 0.264. The number of nitrogens with zero attached hydrogens (tertiary/aromatic N) is 1. The number of amides is 5. The third-order valence-electron chi connectivity index (χ3n) is 7.43. The lowest BCUT2D eigenvalue weighted by Crippen LogP contribution is -2.62. The third kappa shape index (κ3) is 6.50. The lowest BCUT2D eigenvalue weighted by Gasteiger charge is -2.38. The van der Waals surface area contributed by atoms with Crippen LogP contribution in [0.2, 0.25) is 0 Å². The number of primary amides is 1. The van der Waals surface area contributed by atoms with Gasteiger partial charge in [-0.1, -0.05) is 40.0 Å². The highest BCUT2D eigenvalue weighted by atomic mass is 35.5. The number of halogens is 2. The smallest absolute Gasteiger partial charge is 0.315 e. The van der Waals surface area contributed by atoms with Crippen LogP contribution in [-0.2, 0) is 19.2 Å². The Morgan fingerprint density at radius 3 is 2.08 bits per heavy atom. The monoisotopic (exact) mass is 559 g/mol. The molecular weight excluding hydrogens is 521 g/mol. The summed E-state index contributed by atoms with van der Waals surface area (Å²) in [5, 5.41) is 8.22. The van der Waals surface area contributed by atoms with Gasteiger partial charge >= 0.3 is 6.03 Å². The highest BCUT2D eigenvalue weighted by molar-refractivity contribution is 6.51. The minimum absolute atomic E-state index is 0.126. The number of alkyl halides is 2. The van der Waals surface area contributed by atoms with E-state index in [2.05, 4.69) is 16.0 Å². The zero-order valence-corrected chi connectivity index (χ0v) is 23.8. The van der Waals surface area contributed by atoms with Crippen molar-refractivity contribution >= 4 is 52.7 Å². The van der Waals surface area contributed by atoms with Gasteiger partial charge in [0, 0.05) is 23.9 Å². The van der Waals surface area contributed by atoms with E-state index in [9.17, 15) is 24.0 Å². The molecule has 3 unspecified atom stereocenters. The summed E-state index contributed by atoms with van der Waals surface area (Å²) in [5.74, 6) is -3.74. The second-order valence-corrected chi connectivity index (χ2v) is 14.2. The van der Waals surface area contributed by atoms with Gasteiger partial charge in [0.15, 0.2) is 0 Å². The fourth-order valence-electron chi connectivity index (χ4n) is 5.18. The molecule has 0 radical (unpaired) electrons. The fraction of sp³-hybridized carbons (Fsp3) is 0.800. The maximum Gasteiger partial charge on any atom is 0.315 e. The first-order valence-electron chi connectivity index (χ1n) is 12.8. The normalized spacial score (nSPS) is 26.3. The molecule has 5 atom stereocenters. The van der Waals surface area contributed by atoms with Crippen LogP contribution < -0.4 is 21.7 Å². The summed E-state index contributed by atoms with van der Waals surface area (Å²) in [4.78, 5) is 65.6. The van der Waals surface area contributed by atoms with Gasteiger partial charge in [-0.15, -0.1) is 23.2 Å². The van der Waals surface area contributed by atoms with Crippen molar-refractivity contribution in [2.45, 2.75) is 95.2 Å². The van der Waals surface area contributed by atoms with Crippen LogP contribution in [0.1, 0.15) is 67.2 Å². The lowest BCUT2D eigenvalue weighted by molar-refractivity contribution is -0.144. The van der Waals surface area contributed by atoms with Crippen LogP contribution in [0.4, 0.5) is 4.79 Å². The molecule has 0 bridgehead atoms.